The molecule has 7 aliphatic carbocycles. The van der Waals surface area contributed by atoms with Gasteiger partial charge in [0.05, 0.1) is 40.3 Å². The van der Waals surface area contributed by atoms with Crippen LogP contribution in [0.1, 0.15) is 163 Å². The van der Waals surface area contributed by atoms with E-state index >= 15 is 9.59 Å². The lowest BCUT2D eigenvalue weighted by atomic mass is 9.38. The van der Waals surface area contributed by atoms with E-state index in [-0.39, 0.29) is 89.8 Å². The maximum atomic E-state index is 16.0. The normalized spacial score (nSPS) is 36.4. The molecule has 0 unspecified atom stereocenters. The van der Waals surface area contributed by atoms with Crippen LogP contribution in [-0.4, -0.2) is 77.6 Å². The smallest absolute Gasteiger partial charge is 0.340 e. The molecule has 0 amide bonds. The number of cyclic esters (lactones) is 1. The van der Waals surface area contributed by atoms with E-state index in [1.165, 1.54) is 11.1 Å². The molecular weight excluding hydrogens is 1140 g/mol. The largest absolute Gasteiger partial charge is 0.508 e. The monoisotopic (exact) mass is 1240 g/mol. The summed E-state index contributed by atoms with van der Waals surface area (Å²) in [7, 11) is 2.04. The quantitative estimate of drug-likeness (QED) is 0.0366. The zero-order chi connectivity index (χ0) is 63.2. The van der Waals surface area contributed by atoms with Gasteiger partial charge in [0.1, 0.15) is 23.6 Å². The number of phenolic OH excluding ortho intramolecular Hbond substituents is 1. The Morgan fingerprint density at radius 1 is 0.804 bits per heavy atom. The van der Waals surface area contributed by atoms with Crippen LogP contribution in [0.3, 0.4) is 0 Å². The van der Waals surface area contributed by atoms with Crippen LogP contribution >= 0.6 is 0 Å². The van der Waals surface area contributed by atoms with E-state index in [1.807, 2.05) is 32.2 Å². The maximum Gasteiger partial charge on any atom is 0.340 e. The van der Waals surface area contributed by atoms with Crippen molar-refractivity contribution in [1.82, 2.24) is 21.3 Å². The third-order valence-corrected chi connectivity index (χ3v) is 25.1. The molecule has 14 bridgehead atoms. The lowest BCUT2D eigenvalue weighted by Crippen LogP contribution is -2.58. The van der Waals surface area contributed by atoms with Gasteiger partial charge in [-0.3, -0.25) is 0 Å². The van der Waals surface area contributed by atoms with Crippen molar-refractivity contribution in [2.45, 2.75) is 165 Å². The number of aldehydes is 1. The van der Waals surface area contributed by atoms with Gasteiger partial charge in [-0.1, -0.05) is 129 Å². The first-order valence-electron chi connectivity index (χ1n) is 35.0. The zero-order valence-electron chi connectivity index (χ0n) is 53.9. The zero-order valence-corrected chi connectivity index (χ0v) is 53.9. The molecule has 2 spiro atoms. The second-order valence-corrected chi connectivity index (χ2v) is 30.0. The first kappa shape index (κ1) is 61.5. The van der Waals surface area contributed by atoms with Crippen molar-refractivity contribution in [3.05, 3.63) is 177 Å². The van der Waals surface area contributed by atoms with Gasteiger partial charge in [0.15, 0.2) is 0 Å². The first-order chi connectivity index (χ1) is 44.7. The van der Waals surface area contributed by atoms with E-state index in [0.717, 1.165) is 122 Å². The second kappa shape index (κ2) is 24.3. The van der Waals surface area contributed by atoms with Crippen molar-refractivity contribution in [2.75, 3.05) is 26.7 Å². The fourth-order valence-corrected chi connectivity index (χ4v) is 20.5. The molecule has 6 aliphatic heterocycles. The fraction of sp³-hybridized carbons (Fsp3) is 0.512. The van der Waals surface area contributed by atoms with Crippen LogP contribution in [0.2, 0.25) is 0 Å². The number of β-amino-alcohol motifs (C(OH)–C–C–N with tert-alkyl or cyclic N) is 1. The molecule has 2 saturated heterocycles. The van der Waals surface area contributed by atoms with Gasteiger partial charge >= 0.3 is 11.9 Å². The minimum atomic E-state index is -1.37. The van der Waals surface area contributed by atoms with Crippen molar-refractivity contribution < 1.29 is 39.2 Å². The minimum absolute atomic E-state index is 0.0248. The number of carbonyl (C=O) groups excluding carboxylic acids is 3. The fourth-order valence-electron chi connectivity index (χ4n) is 20.5. The second-order valence-electron chi connectivity index (χ2n) is 30.0. The van der Waals surface area contributed by atoms with Crippen LogP contribution in [0.4, 0.5) is 0 Å². The highest BCUT2D eigenvalue weighted by Crippen LogP contribution is 2.77. The number of aromatic hydroxyl groups is 1. The summed E-state index contributed by atoms with van der Waals surface area (Å²) in [5.41, 5.74) is 6.17. The number of aliphatic hydroxyl groups is 2. The number of phenols is 1. The van der Waals surface area contributed by atoms with E-state index in [2.05, 4.69) is 137 Å². The molecule has 0 aromatic heterocycles. The summed E-state index contributed by atoms with van der Waals surface area (Å²) in [5, 5.41) is 52.8. The van der Waals surface area contributed by atoms with Crippen molar-refractivity contribution >= 4 is 23.8 Å². The molecule has 4 aromatic carbocycles. The molecule has 5 fully saturated rings. The van der Waals surface area contributed by atoms with Crippen LogP contribution in [0.15, 0.2) is 150 Å². The topological polar surface area (TPSA) is 178 Å². The molecule has 12 heteroatoms. The number of esters is 2. The van der Waals surface area contributed by atoms with Gasteiger partial charge in [-0.15, -0.1) is 0 Å². The maximum absolute atomic E-state index is 16.0. The third-order valence-electron chi connectivity index (χ3n) is 25.1. The summed E-state index contributed by atoms with van der Waals surface area (Å²) >= 11 is 0. The Morgan fingerprint density at radius 3 is 2.47 bits per heavy atom. The number of hydrogen-bond donors (Lipinski definition) is 7. The van der Waals surface area contributed by atoms with Gasteiger partial charge in [0.25, 0.3) is 0 Å². The standard InChI is InChI=1S/C80H92N4O8/c1-4-49(39-50-13-7-5-8-14-50)41-67-80-35-24-64-69(71(80)75(88)92-67)62-45-59(86)21-22-60(62)52-16-12-17-53(42-52)65-25-34-78(64)33-23-61-66(91-74(87)70(61)73(78)80)26-32-77(57-28-37-83-68(44-57)81-3)46-55-43-58(79(90)30-9-6-10-31-79)20-19-56(29-38-85)76(2,89)48-84-72(63(55)47-77)54-18-11-15-51(40-54)27-36-82-65/h5,7-8,11-18,21-22,25-26,34,38,40-42,45,49,55-58,63-65,68,72-73,81-84,86,89-90H,4,6,9-10,23-24,27-33,35-37,39,43-44,46-48H2,1-3H3/b34-25+,66-26?,67-41-/t49-,55+,56+,57+,58-,63-,64-,65-,68-,72+,73-,76-,77-,78-,80-/m0/s1. The van der Waals surface area contributed by atoms with Crippen molar-refractivity contribution in [2.24, 2.45) is 63.6 Å². The Balaban J connectivity index is 0.952. The Kier molecular flexibility index (Phi) is 16.2. The van der Waals surface area contributed by atoms with Gasteiger partial charge in [0.2, 0.25) is 0 Å². The average molecular weight is 1240 g/mol. The molecule has 12 nitrogen and oxygen atoms in total. The molecule has 7 N–H and O–H groups in total. The van der Waals surface area contributed by atoms with Crippen molar-refractivity contribution in [3.8, 4) is 28.7 Å². The summed E-state index contributed by atoms with van der Waals surface area (Å²) in [5.74, 6) is 6.59. The number of allylic oxidation sites excluding steroid dienone is 6. The molecular formula is C80H92N4O8. The highest BCUT2D eigenvalue weighted by molar-refractivity contribution is 6.08. The molecule has 17 rings (SSSR count). The number of ether oxygens (including phenoxy) is 2. The van der Waals surface area contributed by atoms with Gasteiger partial charge in [-0.05, 0) is 227 Å². The van der Waals surface area contributed by atoms with E-state index in [9.17, 15) is 20.1 Å². The number of benzene rings is 4. The summed E-state index contributed by atoms with van der Waals surface area (Å²) in [6.45, 7) is 5.74. The van der Waals surface area contributed by atoms with Crippen LogP contribution in [0.5, 0.6) is 5.75 Å². The molecule has 4 aromatic rings. The summed E-state index contributed by atoms with van der Waals surface area (Å²) in [6.07, 6.45) is 24.6. The lowest BCUT2D eigenvalue weighted by molar-refractivity contribution is -0.135. The van der Waals surface area contributed by atoms with Crippen molar-refractivity contribution in [1.29, 1.82) is 0 Å². The highest BCUT2D eigenvalue weighted by atomic mass is 16.6. The third kappa shape index (κ3) is 10.5. The predicted molar refractivity (Wildman–Crippen MR) is 356 cm³/mol. The van der Waals surface area contributed by atoms with Crippen LogP contribution < -0.4 is 21.3 Å². The van der Waals surface area contributed by atoms with E-state index in [1.54, 1.807) is 6.07 Å². The highest BCUT2D eigenvalue weighted by Gasteiger charge is 2.73. The Morgan fingerprint density at radius 2 is 1.64 bits per heavy atom. The van der Waals surface area contributed by atoms with Crippen LogP contribution in [-0.2, 0) is 36.7 Å². The number of rotatable bonds is 9. The minimum Gasteiger partial charge on any atom is -0.508 e. The Bertz CT molecular complexity index is 3800. The Labute approximate surface area is 543 Å². The molecule has 15 atom stereocenters. The summed E-state index contributed by atoms with van der Waals surface area (Å²) in [6, 6.07) is 33.5. The van der Waals surface area contributed by atoms with E-state index in [0.29, 0.717) is 74.2 Å². The van der Waals surface area contributed by atoms with Gasteiger partial charge in [-0.25, -0.2) is 9.59 Å². The number of fused-ring (bicyclic) bond motifs is 9. The molecule has 480 valence electrons. The molecule has 3 saturated carbocycles. The SMILES string of the molecule is CC[C@H](/C=C1\OC(=O)C2=C3c4cc(O)ccc4-c4cccc(c4)[C@@H]4/C=C/[C@]56CCC7=C(C(=O)OC7=CC[C@]7([C@@H]8CCN[C@H](NC)C8)C[C@H]8C[C@@H](C9(O)CCCCC9)C#C[C@H](CC=O)[C@@](C)(O)CN[C@H](c9cccc(c9)CCN4)[C@H]8C7)[C@@H]5[C@]21CC[C@@H]36)Cc1ccccc1. The van der Waals surface area contributed by atoms with E-state index in [4.69, 9.17) is 9.47 Å². The van der Waals surface area contributed by atoms with Gasteiger partial charge < -0.3 is 50.9 Å². The van der Waals surface area contributed by atoms with Crippen molar-refractivity contribution in [3.63, 3.8) is 0 Å². The molecule has 92 heavy (non-hydrogen) atoms. The van der Waals surface area contributed by atoms with Gasteiger partial charge in [0, 0.05) is 53.9 Å². The first-order valence-corrected chi connectivity index (χ1v) is 35.0. The Hall–Kier alpha value is -6.69. The number of nitrogens with one attached hydrogen (secondary N) is 4. The van der Waals surface area contributed by atoms with Crippen LogP contribution in [0.25, 0.3) is 16.7 Å². The lowest BCUT2D eigenvalue weighted by Gasteiger charge is -2.62. The number of carbonyl (C=O) groups is 3. The molecule has 13 aliphatic rings. The number of hydrogen-bond acceptors (Lipinski definition) is 12. The molecule has 6 heterocycles. The number of piperidine rings is 1. The van der Waals surface area contributed by atoms with Gasteiger partial charge in [-0.2, -0.15) is 0 Å². The summed E-state index contributed by atoms with van der Waals surface area (Å²) < 4.78 is 13.9. The van der Waals surface area contributed by atoms with Crippen LogP contribution in [0, 0.1) is 75.4 Å². The predicted octanol–water partition coefficient (Wildman–Crippen LogP) is 12.8. The summed E-state index contributed by atoms with van der Waals surface area (Å²) in [4.78, 5) is 44.2. The van der Waals surface area contributed by atoms with E-state index < -0.39 is 33.9 Å². The molecule has 0 radical (unpaired) electrons. The average Bonchev–Trinajstić information content (AvgIpc) is 1.33.